The maximum atomic E-state index is 5.99. The van der Waals surface area contributed by atoms with Crippen LogP contribution in [0.25, 0.3) is 0 Å². The average molecular weight is 269 g/mol. The number of nitrogens with two attached hydrogens (primary N) is 1. The number of nitrogens with zero attached hydrogens (tertiary/aromatic N) is 2. The Labute approximate surface area is 119 Å². The summed E-state index contributed by atoms with van der Waals surface area (Å²) in [5, 5.41) is 0. The molecule has 1 atom stereocenters. The van der Waals surface area contributed by atoms with Crippen LogP contribution < -0.4 is 10.5 Å². The molecule has 1 aliphatic rings. The first-order chi connectivity index (χ1) is 9.79. The van der Waals surface area contributed by atoms with Gasteiger partial charge in [-0.1, -0.05) is 0 Å². The van der Waals surface area contributed by atoms with Gasteiger partial charge in [0.25, 0.3) is 0 Å². The van der Waals surface area contributed by atoms with Crippen LogP contribution in [-0.4, -0.2) is 29.1 Å². The van der Waals surface area contributed by atoms with Crippen LogP contribution in [0.3, 0.4) is 0 Å². The minimum Gasteiger partial charge on any atom is -0.489 e. The number of likely N-dealkylation sites (tertiary alicyclic amines) is 1. The largest absolute Gasteiger partial charge is 0.489 e. The van der Waals surface area contributed by atoms with Crippen molar-refractivity contribution in [2.24, 2.45) is 0 Å². The molecule has 1 unspecified atom stereocenters. The van der Waals surface area contributed by atoms with Crippen LogP contribution in [0.5, 0.6) is 5.75 Å². The summed E-state index contributed by atoms with van der Waals surface area (Å²) in [5.74, 6) is 0.898. The van der Waals surface area contributed by atoms with Crippen molar-refractivity contribution in [3.63, 3.8) is 0 Å². The average Bonchev–Trinajstić information content (AvgIpc) is 2.90. The molecule has 0 spiro atoms. The third-order valence-corrected chi connectivity index (χ3v) is 3.57. The number of ether oxygens (including phenoxy) is 1. The number of anilines is 1. The molecular weight excluding hydrogens is 250 g/mol. The number of rotatable bonds is 4. The highest BCUT2D eigenvalue weighted by Crippen LogP contribution is 2.20. The van der Waals surface area contributed by atoms with Gasteiger partial charge in [-0.25, -0.2) is 0 Å². The lowest BCUT2D eigenvalue weighted by molar-refractivity contribution is 0.198. The fourth-order valence-electron chi connectivity index (χ4n) is 2.52. The Balaban J connectivity index is 1.53. The molecule has 4 heteroatoms. The lowest BCUT2D eigenvalue weighted by Crippen LogP contribution is -2.24. The first kappa shape index (κ1) is 12.9. The maximum absolute atomic E-state index is 5.99. The molecule has 1 aromatic heterocycles. The fraction of sp³-hybridized carbons (Fsp3) is 0.312. The Hall–Kier alpha value is -2.07. The molecule has 1 saturated heterocycles. The Morgan fingerprint density at radius 2 is 1.90 bits per heavy atom. The van der Waals surface area contributed by atoms with Gasteiger partial charge in [-0.15, -0.1) is 0 Å². The molecule has 4 nitrogen and oxygen atoms in total. The van der Waals surface area contributed by atoms with Gasteiger partial charge >= 0.3 is 0 Å². The van der Waals surface area contributed by atoms with Crippen molar-refractivity contribution in [2.45, 2.75) is 19.1 Å². The summed E-state index contributed by atoms with van der Waals surface area (Å²) in [4.78, 5) is 6.46. The van der Waals surface area contributed by atoms with Gasteiger partial charge in [-0.2, -0.15) is 0 Å². The molecule has 2 aromatic rings. The number of hydrogen-bond donors (Lipinski definition) is 1. The van der Waals surface area contributed by atoms with Crippen LogP contribution in [0.4, 0.5) is 5.69 Å². The summed E-state index contributed by atoms with van der Waals surface area (Å²) in [6.45, 7) is 3.00. The molecule has 0 bridgehead atoms. The molecular formula is C16H19N3O. The van der Waals surface area contributed by atoms with Gasteiger partial charge in [-0.05, 0) is 48.4 Å². The topological polar surface area (TPSA) is 51.4 Å². The molecule has 0 radical (unpaired) electrons. The van der Waals surface area contributed by atoms with Crippen molar-refractivity contribution < 1.29 is 4.74 Å². The first-order valence-electron chi connectivity index (χ1n) is 6.93. The number of aromatic nitrogens is 1. The predicted molar refractivity (Wildman–Crippen MR) is 79.4 cm³/mol. The minimum atomic E-state index is 0.264. The number of benzene rings is 1. The highest BCUT2D eigenvalue weighted by atomic mass is 16.5. The van der Waals surface area contributed by atoms with Crippen LogP contribution in [-0.2, 0) is 6.54 Å². The summed E-state index contributed by atoms with van der Waals surface area (Å²) < 4.78 is 5.99. The second-order valence-corrected chi connectivity index (χ2v) is 5.19. The molecule has 104 valence electrons. The molecule has 0 aliphatic carbocycles. The zero-order chi connectivity index (χ0) is 13.8. The molecule has 3 rings (SSSR count). The van der Waals surface area contributed by atoms with E-state index in [0.29, 0.717) is 0 Å². The van der Waals surface area contributed by atoms with Crippen molar-refractivity contribution in [3.8, 4) is 5.75 Å². The molecule has 0 saturated carbocycles. The van der Waals surface area contributed by atoms with Gasteiger partial charge < -0.3 is 10.5 Å². The van der Waals surface area contributed by atoms with E-state index in [1.807, 2.05) is 36.7 Å². The summed E-state index contributed by atoms with van der Waals surface area (Å²) in [5.41, 5.74) is 7.74. The molecule has 20 heavy (non-hydrogen) atoms. The van der Waals surface area contributed by atoms with Crippen molar-refractivity contribution in [2.75, 3.05) is 18.8 Å². The van der Waals surface area contributed by atoms with Crippen LogP contribution in [0.2, 0.25) is 0 Å². The van der Waals surface area contributed by atoms with E-state index in [2.05, 4.69) is 22.0 Å². The van der Waals surface area contributed by atoms with Gasteiger partial charge in [0.1, 0.15) is 11.9 Å². The lowest BCUT2D eigenvalue weighted by Gasteiger charge is -2.17. The second kappa shape index (κ2) is 5.92. The van der Waals surface area contributed by atoms with Gasteiger partial charge in [-0.3, -0.25) is 9.88 Å². The summed E-state index contributed by atoms with van der Waals surface area (Å²) in [6.07, 6.45) is 5.01. The van der Waals surface area contributed by atoms with Crippen molar-refractivity contribution >= 4 is 5.69 Å². The van der Waals surface area contributed by atoms with E-state index < -0.39 is 0 Å². The molecule has 1 aromatic carbocycles. The molecule has 1 aliphatic heterocycles. The van der Waals surface area contributed by atoms with Crippen LogP contribution in [0.1, 0.15) is 12.0 Å². The predicted octanol–water partition coefficient (Wildman–Crippen LogP) is 2.32. The van der Waals surface area contributed by atoms with E-state index in [4.69, 9.17) is 10.5 Å². The molecule has 0 amide bonds. The van der Waals surface area contributed by atoms with E-state index in [9.17, 15) is 0 Å². The fourth-order valence-corrected chi connectivity index (χ4v) is 2.52. The minimum absolute atomic E-state index is 0.264. The summed E-state index contributed by atoms with van der Waals surface area (Å²) in [6, 6.07) is 11.7. The number of hydrogen-bond acceptors (Lipinski definition) is 4. The first-order valence-corrected chi connectivity index (χ1v) is 6.93. The maximum Gasteiger partial charge on any atom is 0.119 e. The molecule has 2 N–H and O–H groups in total. The van der Waals surface area contributed by atoms with Crippen LogP contribution in [0.15, 0.2) is 48.8 Å². The van der Waals surface area contributed by atoms with Gasteiger partial charge in [0.05, 0.1) is 0 Å². The molecule has 2 heterocycles. The Kier molecular flexibility index (Phi) is 3.83. The highest BCUT2D eigenvalue weighted by Gasteiger charge is 2.23. The van der Waals surface area contributed by atoms with E-state index in [1.165, 1.54) is 5.56 Å². The molecule has 1 fully saturated rings. The van der Waals surface area contributed by atoms with Crippen molar-refractivity contribution in [1.82, 2.24) is 9.88 Å². The third-order valence-electron chi connectivity index (χ3n) is 3.57. The lowest BCUT2D eigenvalue weighted by atomic mass is 10.2. The van der Waals surface area contributed by atoms with Crippen molar-refractivity contribution in [3.05, 3.63) is 54.4 Å². The van der Waals surface area contributed by atoms with E-state index in [-0.39, 0.29) is 6.10 Å². The number of nitrogen functional groups attached to an aromatic ring is 1. The normalized spacial score (nSPS) is 19.1. The zero-order valence-corrected chi connectivity index (χ0v) is 11.4. The van der Waals surface area contributed by atoms with Gasteiger partial charge in [0.15, 0.2) is 0 Å². The van der Waals surface area contributed by atoms with E-state index >= 15 is 0 Å². The Bertz CT molecular complexity index is 541. The monoisotopic (exact) mass is 269 g/mol. The van der Waals surface area contributed by atoms with Gasteiger partial charge in [0, 0.05) is 37.7 Å². The smallest absolute Gasteiger partial charge is 0.119 e. The second-order valence-electron chi connectivity index (χ2n) is 5.19. The Morgan fingerprint density at radius 1 is 1.15 bits per heavy atom. The number of pyridine rings is 1. The van der Waals surface area contributed by atoms with Crippen LogP contribution in [0, 0.1) is 0 Å². The highest BCUT2D eigenvalue weighted by molar-refractivity contribution is 5.41. The van der Waals surface area contributed by atoms with E-state index in [0.717, 1.165) is 37.5 Å². The van der Waals surface area contributed by atoms with E-state index in [1.54, 1.807) is 0 Å². The summed E-state index contributed by atoms with van der Waals surface area (Å²) in [7, 11) is 0. The van der Waals surface area contributed by atoms with Gasteiger partial charge in [0.2, 0.25) is 0 Å². The quantitative estimate of drug-likeness (QED) is 0.865. The SMILES string of the molecule is Nc1ccc(OC2CCN(Cc3ccncc3)C2)cc1. The Morgan fingerprint density at radius 3 is 2.65 bits per heavy atom. The van der Waals surface area contributed by atoms with Crippen molar-refractivity contribution in [1.29, 1.82) is 0 Å². The van der Waals surface area contributed by atoms with Crippen LogP contribution >= 0.6 is 0 Å². The zero-order valence-electron chi connectivity index (χ0n) is 11.4. The standard InChI is InChI=1S/C16H19N3O/c17-14-1-3-15(4-2-14)20-16-7-10-19(12-16)11-13-5-8-18-9-6-13/h1-6,8-9,16H,7,10-12,17H2. The third kappa shape index (κ3) is 3.27. The summed E-state index contributed by atoms with van der Waals surface area (Å²) >= 11 is 0.